The van der Waals surface area contributed by atoms with E-state index in [1.54, 1.807) is 12.2 Å². The number of fused-ring (bicyclic) bond motifs is 1. The number of hydrogen-bond acceptors (Lipinski definition) is 1. The van der Waals surface area contributed by atoms with Gasteiger partial charge in [-0.1, -0.05) is 85.5 Å². The first-order valence-electron chi connectivity index (χ1n) is 7.20. The van der Waals surface area contributed by atoms with E-state index in [9.17, 15) is 4.79 Å². The van der Waals surface area contributed by atoms with Crippen LogP contribution in [0.15, 0.2) is 79.4 Å². The van der Waals surface area contributed by atoms with Gasteiger partial charge in [0.1, 0.15) is 0 Å². The Balaban J connectivity index is 1.88. The van der Waals surface area contributed by atoms with Gasteiger partial charge >= 0.3 is 0 Å². The molecule has 106 valence electrons. The summed E-state index contributed by atoms with van der Waals surface area (Å²) in [7, 11) is 0. The predicted molar refractivity (Wildman–Crippen MR) is 93.8 cm³/mol. The summed E-state index contributed by atoms with van der Waals surface area (Å²) in [5.74, 6) is 0.00328. The lowest BCUT2D eigenvalue weighted by atomic mass is 10.0. The number of carbonyl (C=O) groups is 1. The van der Waals surface area contributed by atoms with Crippen LogP contribution in [0.1, 0.15) is 21.5 Å². The molecule has 0 aliphatic carbocycles. The van der Waals surface area contributed by atoms with Crippen LogP contribution in [0.2, 0.25) is 0 Å². The number of carbonyl (C=O) groups excluding carboxylic acids is 1. The molecule has 0 unspecified atom stereocenters. The molecule has 3 aromatic carbocycles. The molecular formula is C21H16O. The molecule has 3 aromatic rings. The Morgan fingerprint density at radius 3 is 2.36 bits per heavy atom. The minimum atomic E-state index is 0.00328. The van der Waals surface area contributed by atoms with Crippen LogP contribution in [0, 0.1) is 0 Å². The van der Waals surface area contributed by atoms with Gasteiger partial charge in [-0.25, -0.2) is 0 Å². The normalized spacial score (nSPS) is 10.9. The maximum atomic E-state index is 12.2. The molecule has 0 heterocycles. The first kappa shape index (κ1) is 14.0. The Morgan fingerprint density at radius 1 is 0.864 bits per heavy atom. The van der Waals surface area contributed by atoms with E-state index in [4.69, 9.17) is 0 Å². The third kappa shape index (κ3) is 2.89. The number of hydrogen-bond donors (Lipinski definition) is 0. The average molecular weight is 284 g/mol. The molecule has 0 saturated heterocycles. The summed E-state index contributed by atoms with van der Waals surface area (Å²) in [5, 5.41) is 2.32. The van der Waals surface area contributed by atoms with Crippen LogP contribution in [-0.4, -0.2) is 5.78 Å². The van der Waals surface area contributed by atoms with Gasteiger partial charge in [0, 0.05) is 5.56 Å². The summed E-state index contributed by atoms with van der Waals surface area (Å²) < 4.78 is 0. The van der Waals surface area contributed by atoms with Crippen molar-refractivity contribution in [3.8, 4) is 0 Å². The molecule has 0 fully saturated rings. The first-order valence-corrected chi connectivity index (χ1v) is 7.20. The second kappa shape index (κ2) is 6.23. The van der Waals surface area contributed by atoms with Crippen LogP contribution in [0.3, 0.4) is 0 Å². The Labute approximate surface area is 130 Å². The molecule has 0 N–H and O–H groups in total. The zero-order valence-corrected chi connectivity index (χ0v) is 12.2. The highest BCUT2D eigenvalue weighted by atomic mass is 16.1. The van der Waals surface area contributed by atoms with Crippen LogP contribution in [0.5, 0.6) is 0 Å². The van der Waals surface area contributed by atoms with Crippen molar-refractivity contribution in [2.75, 3.05) is 0 Å². The van der Waals surface area contributed by atoms with Crippen molar-refractivity contribution in [2.24, 2.45) is 0 Å². The summed E-state index contributed by atoms with van der Waals surface area (Å²) in [6.07, 6.45) is 5.27. The highest BCUT2D eigenvalue weighted by Gasteiger charge is 2.02. The second-order valence-electron chi connectivity index (χ2n) is 5.09. The van der Waals surface area contributed by atoms with Gasteiger partial charge in [-0.2, -0.15) is 0 Å². The molecule has 3 rings (SSSR count). The van der Waals surface area contributed by atoms with Crippen molar-refractivity contribution in [3.63, 3.8) is 0 Å². The summed E-state index contributed by atoms with van der Waals surface area (Å²) in [6, 6.07) is 21.7. The Morgan fingerprint density at radius 2 is 1.59 bits per heavy atom. The highest BCUT2D eigenvalue weighted by Crippen LogP contribution is 2.20. The van der Waals surface area contributed by atoms with Crippen LogP contribution in [0.25, 0.3) is 22.9 Å². The maximum absolute atomic E-state index is 12.2. The molecule has 0 radical (unpaired) electrons. The molecule has 1 nitrogen and oxygen atoms in total. The smallest absolute Gasteiger partial charge is 0.185 e. The lowest BCUT2D eigenvalue weighted by Gasteiger charge is -2.02. The Kier molecular flexibility index (Phi) is 3.97. The van der Waals surface area contributed by atoms with Gasteiger partial charge in [0.15, 0.2) is 5.78 Å². The van der Waals surface area contributed by atoms with Gasteiger partial charge in [0.05, 0.1) is 0 Å². The molecule has 0 atom stereocenters. The van der Waals surface area contributed by atoms with E-state index in [1.165, 1.54) is 5.39 Å². The molecule has 0 aliphatic rings. The number of allylic oxidation sites excluding steroid dienone is 1. The van der Waals surface area contributed by atoms with Crippen molar-refractivity contribution in [1.82, 2.24) is 0 Å². The van der Waals surface area contributed by atoms with Crippen molar-refractivity contribution in [3.05, 3.63) is 96.1 Å². The number of rotatable bonds is 4. The largest absolute Gasteiger partial charge is 0.289 e. The third-order valence-corrected chi connectivity index (χ3v) is 3.67. The van der Waals surface area contributed by atoms with Crippen molar-refractivity contribution in [2.45, 2.75) is 0 Å². The van der Waals surface area contributed by atoms with Gasteiger partial charge in [-0.3, -0.25) is 4.79 Å². The van der Waals surface area contributed by atoms with E-state index in [-0.39, 0.29) is 5.78 Å². The van der Waals surface area contributed by atoms with E-state index in [0.717, 1.165) is 16.5 Å². The fraction of sp³-hybridized carbons (Fsp3) is 0. The minimum absolute atomic E-state index is 0.00328. The lowest BCUT2D eigenvalue weighted by molar-refractivity contribution is 0.104. The lowest BCUT2D eigenvalue weighted by Crippen LogP contribution is -1.93. The van der Waals surface area contributed by atoms with Gasteiger partial charge in [-0.05, 0) is 28.0 Å². The SMILES string of the molecule is C=Cc1ccc(C(=O)C=Cc2cccc3ccccc23)cc1. The zero-order chi connectivity index (χ0) is 15.4. The van der Waals surface area contributed by atoms with Gasteiger partial charge in [0.25, 0.3) is 0 Å². The van der Waals surface area contributed by atoms with Crippen LogP contribution in [0.4, 0.5) is 0 Å². The van der Waals surface area contributed by atoms with Gasteiger partial charge in [-0.15, -0.1) is 0 Å². The predicted octanol–water partition coefficient (Wildman–Crippen LogP) is 5.38. The zero-order valence-electron chi connectivity index (χ0n) is 12.2. The third-order valence-electron chi connectivity index (χ3n) is 3.67. The highest BCUT2D eigenvalue weighted by molar-refractivity contribution is 6.07. The molecule has 0 aliphatic heterocycles. The fourth-order valence-electron chi connectivity index (χ4n) is 2.44. The molecule has 0 bridgehead atoms. The van der Waals surface area contributed by atoms with Crippen LogP contribution < -0.4 is 0 Å². The molecule has 0 aromatic heterocycles. The topological polar surface area (TPSA) is 17.1 Å². The van der Waals surface area contributed by atoms with Gasteiger partial charge in [0.2, 0.25) is 0 Å². The fourth-order valence-corrected chi connectivity index (χ4v) is 2.44. The van der Waals surface area contributed by atoms with Crippen molar-refractivity contribution < 1.29 is 4.79 Å². The van der Waals surface area contributed by atoms with Crippen LogP contribution in [-0.2, 0) is 0 Å². The minimum Gasteiger partial charge on any atom is -0.289 e. The van der Waals surface area contributed by atoms with E-state index in [1.807, 2.05) is 54.6 Å². The summed E-state index contributed by atoms with van der Waals surface area (Å²) in [4.78, 5) is 12.2. The quantitative estimate of drug-likeness (QED) is 0.464. The van der Waals surface area contributed by atoms with Crippen molar-refractivity contribution in [1.29, 1.82) is 0 Å². The summed E-state index contributed by atoms with van der Waals surface area (Å²) in [5.41, 5.74) is 2.74. The first-order chi connectivity index (χ1) is 10.8. The summed E-state index contributed by atoms with van der Waals surface area (Å²) >= 11 is 0. The molecule has 0 spiro atoms. The number of ketones is 1. The molecule has 22 heavy (non-hydrogen) atoms. The van der Waals surface area contributed by atoms with Crippen LogP contribution >= 0.6 is 0 Å². The second-order valence-corrected chi connectivity index (χ2v) is 5.09. The van der Waals surface area contributed by atoms with E-state index >= 15 is 0 Å². The average Bonchev–Trinajstić information content (AvgIpc) is 2.59. The molecule has 0 saturated carbocycles. The van der Waals surface area contributed by atoms with E-state index in [0.29, 0.717) is 5.56 Å². The maximum Gasteiger partial charge on any atom is 0.185 e. The molecular weight excluding hydrogens is 268 g/mol. The Hall–Kier alpha value is -2.93. The standard InChI is InChI=1S/C21H16O/c1-2-16-10-12-19(13-11-16)21(22)15-14-18-8-5-7-17-6-3-4-9-20(17)18/h2-15H,1H2. The van der Waals surface area contributed by atoms with Gasteiger partial charge < -0.3 is 0 Å². The van der Waals surface area contributed by atoms with Crippen molar-refractivity contribution >= 4 is 28.7 Å². The van der Waals surface area contributed by atoms with E-state index in [2.05, 4.69) is 24.8 Å². The summed E-state index contributed by atoms with van der Waals surface area (Å²) in [6.45, 7) is 3.71. The molecule has 0 amide bonds. The number of benzene rings is 3. The monoisotopic (exact) mass is 284 g/mol. The molecule has 1 heteroatoms. The van der Waals surface area contributed by atoms with E-state index < -0.39 is 0 Å². The Bertz CT molecular complexity index is 849.